The molecule has 7 heteroatoms. The molecule has 0 saturated carbocycles. The molecule has 0 radical (unpaired) electrons. The van der Waals surface area contributed by atoms with Gasteiger partial charge >= 0.3 is 12.0 Å². The molecule has 0 amide bonds. The number of rotatable bonds is 7. The van der Waals surface area contributed by atoms with Crippen LogP contribution in [0.5, 0.6) is 12.0 Å². The molecule has 0 spiro atoms. The van der Waals surface area contributed by atoms with E-state index in [0.717, 1.165) is 0 Å². The van der Waals surface area contributed by atoms with Crippen molar-refractivity contribution < 1.29 is 14.2 Å². The summed E-state index contributed by atoms with van der Waals surface area (Å²) in [5, 5.41) is 0. The van der Waals surface area contributed by atoms with E-state index in [1.807, 2.05) is 20.8 Å². The van der Waals surface area contributed by atoms with Gasteiger partial charge in [0, 0.05) is 0 Å². The first-order valence-electron chi connectivity index (χ1n) is 5.50. The first-order valence-corrected chi connectivity index (χ1v) is 5.50. The summed E-state index contributed by atoms with van der Waals surface area (Å²) >= 11 is 0. The zero-order valence-corrected chi connectivity index (χ0v) is 10.3. The van der Waals surface area contributed by atoms with Gasteiger partial charge in [0.05, 0.1) is 19.3 Å². The summed E-state index contributed by atoms with van der Waals surface area (Å²) in [5.41, 5.74) is 5.49. The van der Waals surface area contributed by atoms with E-state index in [0.29, 0.717) is 19.8 Å². The summed E-state index contributed by atoms with van der Waals surface area (Å²) in [6.07, 6.45) is 0.168. The molecular formula is C10H18N4O3. The maximum atomic E-state index is 5.49. The standard InChI is InChI=1S/C10H18N4O3/c1-4-15-9-12-8(11)13-10(14-9)17-6-5-16-7(2)3/h7H,4-6H2,1-3H3,(H2,11,12,13,14). The van der Waals surface area contributed by atoms with Crippen LogP contribution in [0.3, 0.4) is 0 Å². The molecule has 0 atom stereocenters. The molecule has 0 unspecified atom stereocenters. The molecule has 2 N–H and O–H groups in total. The van der Waals surface area contributed by atoms with Crippen LogP contribution in [-0.4, -0.2) is 40.9 Å². The van der Waals surface area contributed by atoms with Gasteiger partial charge in [0.1, 0.15) is 6.61 Å². The molecule has 0 aliphatic rings. The van der Waals surface area contributed by atoms with Gasteiger partial charge in [-0.2, -0.15) is 9.97 Å². The number of hydrogen-bond donors (Lipinski definition) is 1. The van der Waals surface area contributed by atoms with Gasteiger partial charge in [-0.1, -0.05) is 0 Å². The van der Waals surface area contributed by atoms with Crippen molar-refractivity contribution in [2.45, 2.75) is 26.9 Å². The lowest BCUT2D eigenvalue weighted by Gasteiger charge is -2.08. The van der Waals surface area contributed by atoms with E-state index in [1.165, 1.54) is 0 Å². The minimum absolute atomic E-state index is 0.0724. The largest absolute Gasteiger partial charge is 0.464 e. The summed E-state index contributed by atoms with van der Waals surface area (Å²) in [4.78, 5) is 11.6. The summed E-state index contributed by atoms with van der Waals surface area (Å²) in [6, 6.07) is 0.313. The monoisotopic (exact) mass is 242 g/mol. The molecule has 0 aromatic carbocycles. The molecule has 0 aliphatic heterocycles. The van der Waals surface area contributed by atoms with Crippen LogP contribution in [0, 0.1) is 0 Å². The Labute approximate surface area is 100 Å². The second kappa shape index (κ2) is 6.85. The zero-order chi connectivity index (χ0) is 12.7. The fourth-order valence-electron chi connectivity index (χ4n) is 1.03. The average Bonchev–Trinajstić information content (AvgIpc) is 2.24. The third kappa shape index (κ3) is 5.30. The highest BCUT2D eigenvalue weighted by atomic mass is 16.5. The first kappa shape index (κ1) is 13.4. The van der Waals surface area contributed by atoms with E-state index < -0.39 is 0 Å². The third-order valence-corrected chi connectivity index (χ3v) is 1.65. The number of nitrogen functional groups attached to an aromatic ring is 1. The van der Waals surface area contributed by atoms with Crippen molar-refractivity contribution in [3.63, 3.8) is 0 Å². The molecule has 7 nitrogen and oxygen atoms in total. The normalized spacial score (nSPS) is 10.6. The van der Waals surface area contributed by atoms with Gasteiger partial charge in [-0.3, -0.25) is 0 Å². The Morgan fingerprint density at radius 1 is 1.06 bits per heavy atom. The van der Waals surface area contributed by atoms with E-state index in [-0.39, 0.29) is 24.1 Å². The second-order valence-electron chi connectivity index (χ2n) is 3.46. The molecule has 0 bridgehead atoms. The minimum atomic E-state index is 0.0724. The Bertz CT molecular complexity index is 346. The van der Waals surface area contributed by atoms with Gasteiger partial charge in [-0.05, 0) is 20.8 Å². The lowest BCUT2D eigenvalue weighted by Crippen LogP contribution is -2.13. The number of ether oxygens (including phenoxy) is 3. The third-order valence-electron chi connectivity index (χ3n) is 1.65. The summed E-state index contributed by atoms with van der Waals surface area (Å²) < 4.78 is 15.7. The van der Waals surface area contributed by atoms with Crippen LogP contribution in [0.1, 0.15) is 20.8 Å². The van der Waals surface area contributed by atoms with Crippen molar-refractivity contribution >= 4 is 5.95 Å². The molecule has 17 heavy (non-hydrogen) atoms. The zero-order valence-electron chi connectivity index (χ0n) is 10.3. The van der Waals surface area contributed by atoms with Crippen LogP contribution < -0.4 is 15.2 Å². The maximum absolute atomic E-state index is 5.49. The van der Waals surface area contributed by atoms with Crippen molar-refractivity contribution in [3.05, 3.63) is 0 Å². The van der Waals surface area contributed by atoms with Crippen molar-refractivity contribution in [3.8, 4) is 12.0 Å². The smallest absolute Gasteiger partial charge is 0.324 e. The van der Waals surface area contributed by atoms with Gasteiger partial charge in [0.25, 0.3) is 0 Å². The quantitative estimate of drug-likeness (QED) is 0.702. The Morgan fingerprint density at radius 2 is 1.71 bits per heavy atom. The second-order valence-corrected chi connectivity index (χ2v) is 3.46. The van der Waals surface area contributed by atoms with Gasteiger partial charge in [-0.15, -0.1) is 4.98 Å². The fourth-order valence-corrected chi connectivity index (χ4v) is 1.03. The Kier molecular flexibility index (Phi) is 5.41. The fraction of sp³-hybridized carbons (Fsp3) is 0.700. The predicted octanol–water partition coefficient (Wildman–Crippen LogP) is 0.656. The summed E-state index contributed by atoms with van der Waals surface area (Å²) in [6.45, 7) is 7.01. The number of anilines is 1. The van der Waals surface area contributed by atoms with Crippen LogP contribution in [0.15, 0.2) is 0 Å². The van der Waals surface area contributed by atoms with E-state index in [4.69, 9.17) is 19.9 Å². The van der Waals surface area contributed by atoms with Crippen molar-refractivity contribution in [1.29, 1.82) is 0 Å². The van der Waals surface area contributed by atoms with Gasteiger partial charge in [-0.25, -0.2) is 0 Å². The average molecular weight is 242 g/mol. The highest BCUT2D eigenvalue weighted by molar-refractivity contribution is 5.20. The predicted molar refractivity (Wildman–Crippen MR) is 62.0 cm³/mol. The lowest BCUT2D eigenvalue weighted by atomic mass is 10.5. The topological polar surface area (TPSA) is 92.4 Å². The Hall–Kier alpha value is -1.63. The van der Waals surface area contributed by atoms with Crippen molar-refractivity contribution in [2.75, 3.05) is 25.6 Å². The highest BCUT2D eigenvalue weighted by Crippen LogP contribution is 2.10. The van der Waals surface area contributed by atoms with Crippen LogP contribution in [0.4, 0.5) is 5.95 Å². The van der Waals surface area contributed by atoms with E-state index >= 15 is 0 Å². The number of nitrogens with zero attached hydrogens (tertiary/aromatic N) is 3. The molecular weight excluding hydrogens is 224 g/mol. The van der Waals surface area contributed by atoms with E-state index in [1.54, 1.807) is 0 Å². The van der Waals surface area contributed by atoms with Crippen LogP contribution in [0.25, 0.3) is 0 Å². The highest BCUT2D eigenvalue weighted by Gasteiger charge is 2.06. The minimum Gasteiger partial charge on any atom is -0.464 e. The van der Waals surface area contributed by atoms with E-state index in [9.17, 15) is 0 Å². The molecule has 1 rings (SSSR count). The molecule has 0 saturated heterocycles. The lowest BCUT2D eigenvalue weighted by molar-refractivity contribution is 0.0528. The first-order chi connectivity index (χ1) is 8.11. The van der Waals surface area contributed by atoms with Gasteiger partial charge < -0.3 is 19.9 Å². The SMILES string of the molecule is CCOc1nc(N)nc(OCCOC(C)C)n1. The molecule has 0 aliphatic carbocycles. The van der Waals surface area contributed by atoms with Crippen LogP contribution in [-0.2, 0) is 4.74 Å². The van der Waals surface area contributed by atoms with Crippen molar-refractivity contribution in [1.82, 2.24) is 15.0 Å². The van der Waals surface area contributed by atoms with Crippen LogP contribution >= 0.6 is 0 Å². The number of aromatic nitrogens is 3. The Morgan fingerprint density at radius 3 is 2.29 bits per heavy atom. The van der Waals surface area contributed by atoms with Crippen LogP contribution in [0.2, 0.25) is 0 Å². The molecule has 0 fully saturated rings. The van der Waals surface area contributed by atoms with Gasteiger partial charge in [0.2, 0.25) is 5.95 Å². The summed E-state index contributed by atoms with van der Waals surface area (Å²) in [5.74, 6) is 0.0724. The number of hydrogen-bond acceptors (Lipinski definition) is 7. The Balaban J connectivity index is 2.46. The molecule has 1 aromatic rings. The molecule has 1 aromatic heterocycles. The van der Waals surface area contributed by atoms with Gasteiger partial charge in [0.15, 0.2) is 0 Å². The van der Waals surface area contributed by atoms with Crippen molar-refractivity contribution in [2.24, 2.45) is 0 Å². The number of nitrogens with two attached hydrogens (primary N) is 1. The van der Waals surface area contributed by atoms with E-state index in [2.05, 4.69) is 15.0 Å². The maximum Gasteiger partial charge on any atom is 0.324 e. The molecule has 1 heterocycles. The molecule has 96 valence electrons. The summed E-state index contributed by atoms with van der Waals surface area (Å²) in [7, 11) is 0.